The molecular formula is C22H25N3O7. The van der Waals surface area contributed by atoms with Crippen molar-refractivity contribution in [3.63, 3.8) is 0 Å². The Morgan fingerprint density at radius 3 is 2.28 bits per heavy atom. The van der Waals surface area contributed by atoms with E-state index in [0.717, 1.165) is 6.92 Å². The van der Waals surface area contributed by atoms with Crippen molar-refractivity contribution in [2.45, 2.75) is 52.6 Å². The average molecular weight is 443 g/mol. The first-order valence-electron chi connectivity index (χ1n) is 9.84. The van der Waals surface area contributed by atoms with Gasteiger partial charge in [0.25, 0.3) is 17.2 Å². The largest absolute Gasteiger partial charge is 0.455 e. The SMILES string of the molecule is CCC(C(=N)C(=O)OC(C)(C)C)c1nc(OC(C)=O)c(OC(=O)c2ccccc2)c(=O)[nH]1. The zero-order chi connectivity index (χ0) is 24.1. The quantitative estimate of drug-likeness (QED) is 0.490. The highest BCUT2D eigenvalue weighted by atomic mass is 16.6. The summed E-state index contributed by atoms with van der Waals surface area (Å²) in [6, 6.07) is 7.90. The fraction of sp³-hybridized carbons (Fsp3) is 0.364. The van der Waals surface area contributed by atoms with Gasteiger partial charge in [0.2, 0.25) is 0 Å². The molecule has 0 spiro atoms. The lowest BCUT2D eigenvalue weighted by Crippen LogP contribution is -2.33. The first-order chi connectivity index (χ1) is 14.9. The highest BCUT2D eigenvalue weighted by molar-refractivity contribution is 6.37. The number of carbonyl (C=O) groups is 3. The summed E-state index contributed by atoms with van der Waals surface area (Å²) in [4.78, 5) is 55.4. The van der Waals surface area contributed by atoms with Gasteiger partial charge in [-0.2, -0.15) is 4.98 Å². The van der Waals surface area contributed by atoms with Crippen LogP contribution < -0.4 is 15.0 Å². The van der Waals surface area contributed by atoms with Gasteiger partial charge in [0, 0.05) is 6.92 Å². The van der Waals surface area contributed by atoms with Crippen LogP contribution >= 0.6 is 0 Å². The van der Waals surface area contributed by atoms with E-state index in [4.69, 9.17) is 19.6 Å². The molecule has 0 aliphatic carbocycles. The van der Waals surface area contributed by atoms with E-state index in [1.807, 2.05) is 0 Å². The van der Waals surface area contributed by atoms with E-state index < -0.39 is 52.3 Å². The van der Waals surface area contributed by atoms with E-state index in [2.05, 4.69) is 9.97 Å². The van der Waals surface area contributed by atoms with Gasteiger partial charge in [0.05, 0.1) is 11.5 Å². The van der Waals surface area contributed by atoms with Crippen molar-refractivity contribution >= 4 is 23.6 Å². The molecule has 0 amide bonds. The fourth-order valence-electron chi connectivity index (χ4n) is 2.65. The second kappa shape index (κ2) is 9.99. The van der Waals surface area contributed by atoms with Gasteiger partial charge in [-0.25, -0.2) is 9.59 Å². The molecule has 10 heteroatoms. The number of esters is 3. The molecule has 0 fully saturated rings. The van der Waals surface area contributed by atoms with Crippen LogP contribution in [0.5, 0.6) is 11.6 Å². The van der Waals surface area contributed by atoms with Crippen LogP contribution in [0.25, 0.3) is 0 Å². The number of H-pyrrole nitrogens is 1. The molecule has 2 aromatic rings. The topological polar surface area (TPSA) is 148 Å². The lowest BCUT2D eigenvalue weighted by Gasteiger charge is -2.22. The lowest BCUT2D eigenvalue weighted by atomic mass is 9.99. The molecule has 32 heavy (non-hydrogen) atoms. The van der Waals surface area contributed by atoms with Gasteiger partial charge in [-0.3, -0.25) is 15.0 Å². The normalized spacial score (nSPS) is 11.9. The summed E-state index contributed by atoms with van der Waals surface area (Å²) in [5, 5.41) is 8.20. The van der Waals surface area contributed by atoms with E-state index in [1.165, 1.54) is 12.1 Å². The van der Waals surface area contributed by atoms with Gasteiger partial charge in [0.15, 0.2) is 0 Å². The van der Waals surface area contributed by atoms with Crippen LogP contribution in [-0.2, 0) is 14.3 Å². The van der Waals surface area contributed by atoms with Crippen molar-refractivity contribution in [2.75, 3.05) is 0 Å². The summed E-state index contributed by atoms with van der Waals surface area (Å²) in [5.74, 6) is -4.75. The third-order valence-electron chi connectivity index (χ3n) is 4.01. The second-order valence-corrected chi connectivity index (χ2v) is 7.81. The van der Waals surface area contributed by atoms with Crippen LogP contribution in [0, 0.1) is 5.41 Å². The Bertz CT molecular complexity index is 1080. The molecule has 0 saturated heterocycles. The van der Waals surface area contributed by atoms with E-state index in [-0.39, 0.29) is 17.8 Å². The van der Waals surface area contributed by atoms with Crippen molar-refractivity contribution in [1.29, 1.82) is 5.41 Å². The van der Waals surface area contributed by atoms with Crippen LogP contribution in [0.3, 0.4) is 0 Å². The Morgan fingerprint density at radius 1 is 1.12 bits per heavy atom. The Kier molecular flexibility index (Phi) is 7.63. The number of hydrogen-bond donors (Lipinski definition) is 2. The minimum absolute atomic E-state index is 0.107. The van der Waals surface area contributed by atoms with E-state index in [0.29, 0.717) is 0 Å². The van der Waals surface area contributed by atoms with Crippen LogP contribution in [0.4, 0.5) is 0 Å². The Hall–Kier alpha value is -3.82. The first-order valence-corrected chi connectivity index (χ1v) is 9.84. The van der Waals surface area contributed by atoms with Crippen LogP contribution in [0.15, 0.2) is 35.1 Å². The number of aromatic nitrogens is 2. The molecule has 0 bridgehead atoms. The molecule has 1 atom stereocenters. The van der Waals surface area contributed by atoms with E-state index in [9.17, 15) is 19.2 Å². The molecule has 0 aliphatic heterocycles. The summed E-state index contributed by atoms with van der Waals surface area (Å²) >= 11 is 0. The monoisotopic (exact) mass is 443 g/mol. The van der Waals surface area contributed by atoms with Gasteiger partial charge in [-0.1, -0.05) is 25.1 Å². The molecule has 1 heterocycles. The summed E-state index contributed by atoms with van der Waals surface area (Å²) < 4.78 is 15.3. The number of aromatic amines is 1. The molecule has 1 aromatic heterocycles. The van der Waals surface area contributed by atoms with Gasteiger partial charge in [0.1, 0.15) is 17.1 Å². The summed E-state index contributed by atoms with van der Waals surface area (Å²) in [6.07, 6.45) is 0.212. The third-order valence-corrected chi connectivity index (χ3v) is 4.01. The maximum Gasteiger partial charge on any atom is 0.353 e. The molecule has 2 N–H and O–H groups in total. The van der Waals surface area contributed by atoms with Gasteiger partial charge < -0.3 is 19.2 Å². The zero-order valence-electron chi connectivity index (χ0n) is 18.5. The standard InChI is InChI=1S/C22H25N3O7/c1-6-14(15(23)21(29)32-22(3,4)5)17-24-18(27)16(19(25-17)30-12(2)26)31-20(28)13-10-8-7-9-11-13/h7-11,14,23H,6H2,1-5H3,(H,24,25,27). The Morgan fingerprint density at radius 2 is 1.75 bits per heavy atom. The van der Waals surface area contributed by atoms with Gasteiger partial charge >= 0.3 is 17.9 Å². The number of carbonyl (C=O) groups excluding carboxylic acids is 3. The molecule has 10 nitrogen and oxygen atoms in total. The zero-order valence-corrected chi connectivity index (χ0v) is 18.5. The number of nitrogens with zero attached hydrogens (tertiary/aromatic N) is 1. The van der Waals surface area contributed by atoms with Crippen LogP contribution in [0.2, 0.25) is 0 Å². The smallest absolute Gasteiger partial charge is 0.353 e. The molecular weight excluding hydrogens is 418 g/mol. The number of rotatable bonds is 7. The molecule has 170 valence electrons. The highest BCUT2D eigenvalue weighted by Crippen LogP contribution is 2.26. The number of benzene rings is 1. The predicted octanol–water partition coefficient (Wildman–Crippen LogP) is 2.77. The summed E-state index contributed by atoms with van der Waals surface area (Å²) in [7, 11) is 0. The van der Waals surface area contributed by atoms with Crippen molar-refractivity contribution in [3.05, 3.63) is 52.1 Å². The van der Waals surface area contributed by atoms with Crippen LogP contribution in [-0.4, -0.2) is 39.2 Å². The molecule has 1 unspecified atom stereocenters. The third kappa shape index (κ3) is 6.34. The molecule has 0 saturated carbocycles. The van der Waals surface area contributed by atoms with E-state index in [1.54, 1.807) is 45.9 Å². The van der Waals surface area contributed by atoms with E-state index >= 15 is 0 Å². The number of hydrogen-bond acceptors (Lipinski definition) is 9. The minimum Gasteiger partial charge on any atom is -0.455 e. The number of ether oxygens (including phenoxy) is 3. The predicted molar refractivity (Wildman–Crippen MR) is 114 cm³/mol. The van der Waals surface area contributed by atoms with Gasteiger partial charge in [-0.15, -0.1) is 0 Å². The maximum atomic E-state index is 12.7. The number of nitrogens with one attached hydrogen (secondary N) is 2. The highest BCUT2D eigenvalue weighted by Gasteiger charge is 2.30. The Labute approximate surface area is 184 Å². The Balaban J connectivity index is 2.45. The van der Waals surface area contributed by atoms with Crippen molar-refractivity contribution in [2.24, 2.45) is 0 Å². The van der Waals surface area contributed by atoms with Gasteiger partial charge in [-0.05, 0) is 39.3 Å². The lowest BCUT2D eigenvalue weighted by molar-refractivity contribution is -0.146. The van der Waals surface area contributed by atoms with Crippen molar-refractivity contribution in [3.8, 4) is 11.6 Å². The first kappa shape index (κ1) is 24.4. The van der Waals surface area contributed by atoms with Crippen molar-refractivity contribution in [1.82, 2.24) is 9.97 Å². The second-order valence-electron chi connectivity index (χ2n) is 7.81. The minimum atomic E-state index is -0.953. The fourth-order valence-corrected chi connectivity index (χ4v) is 2.65. The molecule has 2 rings (SSSR count). The molecule has 0 radical (unpaired) electrons. The molecule has 0 aliphatic rings. The molecule has 1 aromatic carbocycles. The average Bonchev–Trinajstić information content (AvgIpc) is 2.69. The van der Waals surface area contributed by atoms with Crippen molar-refractivity contribution < 1.29 is 28.6 Å². The summed E-state index contributed by atoms with van der Waals surface area (Å²) in [5.41, 5.74) is -2.00. The summed E-state index contributed by atoms with van der Waals surface area (Å²) in [6.45, 7) is 7.75. The van der Waals surface area contributed by atoms with Crippen LogP contribution in [0.1, 0.15) is 63.1 Å². The maximum absolute atomic E-state index is 12.7.